The normalized spacial score (nSPS) is 26.6. The summed E-state index contributed by atoms with van der Waals surface area (Å²) in [6.07, 6.45) is 4.45. The summed E-state index contributed by atoms with van der Waals surface area (Å²) in [4.78, 5) is 8.36. The SMILES string of the molecule is Cn1nc(-c2cccs2)cc1C1CN2CCC1CC2CNCc1ccccn1. The Morgan fingerprint density at radius 1 is 1.25 bits per heavy atom. The summed E-state index contributed by atoms with van der Waals surface area (Å²) < 4.78 is 2.12. The van der Waals surface area contributed by atoms with E-state index in [-0.39, 0.29) is 0 Å². The van der Waals surface area contributed by atoms with E-state index in [4.69, 9.17) is 5.10 Å². The summed E-state index contributed by atoms with van der Waals surface area (Å²) in [5.74, 6) is 1.37. The number of pyridine rings is 1. The summed E-state index contributed by atoms with van der Waals surface area (Å²) in [6.45, 7) is 4.29. The third kappa shape index (κ3) is 3.52. The van der Waals surface area contributed by atoms with Crippen LogP contribution in [0.5, 0.6) is 0 Å². The number of aryl methyl sites for hydroxylation is 1. The minimum absolute atomic E-state index is 0.604. The summed E-state index contributed by atoms with van der Waals surface area (Å²) in [6, 6.07) is 13.3. The standard InChI is InChI=1S/C22H27N5S/c1-26-21(12-20(25-26)22-6-4-10-28-22)19-15-27-9-7-16(19)11-18(27)14-23-13-17-5-2-3-8-24-17/h2-6,8,10,12,16,18-19,23H,7,9,11,13-15H2,1H3. The zero-order valence-electron chi connectivity index (χ0n) is 16.3. The number of nitrogens with zero attached hydrogens (tertiary/aromatic N) is 4. The maximum atomic E-state index is 4.80. The fraction of sp³-hybridized carbons (Fsp3) is 0.455. The predicted molar refractivity (Wildman–Crippen MR) is 113 cm³/mol. The summed E-state index contributed by atoms with van der Waals surface area (Å²) in [5, 5.41) is 10.6. The van der Waals surface area contributed by atoms with Gasteiger partial charge in [-0.15, -0.1) is 11.3 Å². The second-order valence-corrected chi connectivity index (χ2v) is 8.99. The molecule has 4 unspecified atom stereocenters. The van der Waals surface area contributed by atoms with Crippen molar-refractivity contribution in [1.82, 2.24) is 25.0 Å². The molecule has 5 nitrogen and oxygen atoms in total. The van der Waals surface area contributed by atoms with Crippen LogP contribution in [0.3, 0.4) is 0 Å². The first-order chi connectivity index (χ1) is 13.8. The van der Waals surface area contributed by atoms with E-state index in [1.54, 1.807) is 11.3 Å². The van der Waals surface area contributed by atoms with E-state index < -0.39 is 0 Å². The van der Waals surface area contributed by atoms with Gasteiger partial charge in [-0.25, -0.2) is 0 Å². The number of piperidine rings is 3. The Morgan fingerprint density at radius 3 is 2.96 bits per heavy atom. The molecule has 146 valence electrons. The monoisotopic (exact) mass is 393 g/mol. The second-order valence-electron chi connectivity index (χ2n) is 8.05. The Morgan fingerprint density at radius 2 is 2.21 bits per heavy atom. The van der Waals surface area contributed by atoms with Crippen LogP contribution in [0.15, 0.2) is 48.0 Å². The topological polar surface area (TPSA) is 46.0 Å². The van der Waals surface area contributed by atoms with Crippen LogP contribution in [0.4, 0.5) is 0 Å². The quantitative estimate of drug-likeness (QED) is 0.696. The summed E-state index contributed by atoms with van der Waals surface area (Å²) in [7, 11) is 2.11. The number of rotatable bonds is 6. The molecule has 28 heavy (non-hydrogen) atoms. The van der Waals surface area contributed by atoms with Crippen LogP contribution in [0.25, 0.3) is 10.6 Å². The highest BCUT2D eigenvalue weighted by molar-refractivity contribution is 7.13. The van der Waals surface area contributed by atoms with Crippen molar-refractivity contribution in [2.45, 2.75) is 31.3 Å². The lowest BCUT2D eigenvalue weighted by molar-refractivity contribution is 0.0281. The molecule has 0 aromatic carbocycles. The molecule has 0 radical (unpaired) electrons. The fourth-order valence-corrected chi connectivity index (χ4v) is 5.61. The van der Waals surface area contributed by atoms with Gasteiger partial charge in [0.05, 0.1) is 10.6 Å². The minimum Gasteiger partial charge on any atom is -0.310 e. The molecule has 0 aliphatic carbocycles. The largest absolute Gasteiger partial charge is 0.310 e. The molecular weight excluding hydrogens is 366 g/mol. The van der Waals surface area contributed by atoms with Crippen LogP contribution >= 0.6 is 11.3 Å². The van der Waals surface area contributed by atoms with Crippen LogP contribution in [-0.2, 0) is 13.6 Å². The van der Waals surface area contributed by atoms with Crippen LogP contribution < -0.4 is 5.32 Å². The molecule has 6 heterocycles. The lowest BCUT2D eigenvalue weighted by Crippen LogP contribution is -2.55. The Bertz CT molecular complexity index is 904. The van der Waals surface area contributed by atoms with E-state index >= 15 is 0 Å². The van der Waals surface area contributed by atoms with E-state index in [1.807, 2.05) is 12.3 Å². The van der Waals surface area contributed by atoms with Gasteiger partial charge < -0.3 is 5.32 Å². The molecule has 0 saturated carbocycles. The Kier molecular flexibility index (Phi) is 5.01. The molecule has 3 fully saturated rings. The molecule has 2 bridgehead atoms. The van der Waals surface area contributed by atoms with Gasteiger partial charge in [-0.1, -0.05) is 12.1 Å². The zero-order chi connectivity index (χ0) is 18.9. The van der Waals surface area contributed by atoms with E-state index in [2.05, 4.69) is 62.6 Å². The predicted octanol–water partition coefficient (Wildman–Crippen LogP) is 3.51. The molecule has 1 N–H and O–H groups in total. The average Bonchev–Trinajstić information content (AvgIpc) is 3.39. The summed E-state index contributed by atoms with van der Waals surface area (Å²) >= 11 is 1.77. The Labute approximate surface area is 170 Å². The molecule has 3 saturated heterocycles. The van der Waals surface area contributed by atoms with Crippen molar-refractivity contribution in [1.29, 1.82) is 0 Å². The maximum Gasteiger partial charge on any atom is 0.103 e. The van der Waals surface area contributed by atoms with E-state index in [1.165, 1.54) is 30.0 Å². The molecule has 0 amide bonds. The third-order valence-corrected chi connectivity index (χ3v) is 7.25. The highest BCUT2D eigenvalue weighted by Gasteiger charge is 2.41. The first-order valence-electron chi connectivity index (χ1n) is 10.2. The Balaban J connectivity index is 1.23. The van der Waals surface area contributed by atoms with Crippen molar-refractivity contribution >= 4 is 11.3 Å². The smallest absolute Gasteiger partial charge is 0.103 e. The van der Waals surface area contributed by atoms with E-state index in [0.717, 1.165) is 36.9 Å². The van der Waals surface area contributed by atoms with Crippen LogP contribution in [0.2, 0.25) is 0 Å². The maximum absolute atomic E-state index is 4.80. The van der Waals surface area contributed by atoms with Gasteiger partial charge in [-0.3, -0.25) is 14.6 Å². The molecule has 3 aliphatic rings. The van der Waals surface area contributed by atoms with Crippen molar-refractivity contribution < 1.29 is 0 Å². The lowest BCUT2D eigenvalue weighted by Gasteiger charge is -2.50. The van der Waals surface area contributed by atoms with Gasteiger partial charge in [-0.05, 0) is 54.9 Å². The van der Waals surface area contributed by atoms with Crippen LogP contribution in [-0.4, -0.2) is 45.3 Å². The number of nitrogens with one attached hydrogen (secondary N) is 1. The number of hydrogen-bond acceptors (Lipinski definition) is 5. The average molecular weight is 394 g/mol. The van der Waals surface area contributed by atoms with Gasteiger partial charge in [0.15, 0.2) is 0 Å². The van der Waals surface area contributed by atoms with Crippen LogP contribution in [0, 0.1) is 5.92 Å². The van der Waals surface area contributed by atoms with Crippen molar-refractivity contribution in [2.75, 3.05) is 19.6 Å². The van der Waals surface area contributed by atoms with Gasteiger partial charge in [0.1, 0.15) is 5.69 Å². The van der Waals surface area contributed by atoms with Crippen molar-refractivity contribution in [3.63, 3.8) is 0 Å². The van der Waals surface area contributed by atoms with Gasteiger partial charge >= 0.3 is 0 Å². The van der Waals surface area contributed by atoms with Gasteiger partial charge in [0, 0.05) is 50.5 Å². The Hall–Kier alpha value is -2.02. The molecular formula is C22H27N5S. The summed E-state index contributed by atoms with van der Waals surface area (Å²) in [5.41, 5.74) is 3.64. The number of hydrogen-bond donors (Lipinski definition) is 1. The highest BCUT2D eigenvalue weighted by Crippen LogP contribution is 2.42. The number of thiophene rings is 1. The van der Waals surface area contributed by atoms with Crippen molar-refractivity contribution in [3.8, 4) is 10.6 Å². The zero-order valence-corrected chi connectivity index (χ0v) is 17.1. The first-order valence-corrected chi connectivity index (χ1v) is 11.1. The van der Waals surface area contributed by atoms with E-state index in [0.29, 0.717) is 12.0 Å². The molecule has 6 heteroatoms. The second kappa shape index (κ2) is 7.78. The molecule has 3 aliphatic heterocycles. The molecule has 6 rings (SSSR count). The number of fused-ring (bicyclic) bond motifs is 3. The first kappa shape index (κ1) is 18.0. The highest BCUT2D eigenvalue weighted by atomic mass is 32.1. The molecule has 0 spiro atoms. The number of aromatic nitrogens is 3. The van der Waals surface area contributed by atoms with Crippen molar-refractivity contribution in [2.24, 2.45) is 13.0 Å². The molecule has 4 atom stereocenters. The van der Waals surface area contributed by atoms with E-state index in [9.17, 15) is 0 Å². The van der Waals surface area contributed by atoms with Gasteiger partial charge in [0.25, 0.3) is 0 Å². The van der Waals surface area contributed by atoms with Crippen molar-refractivity contribution in [3.05, 3.63) is 59.4 Å². The van der Waals surface area contributed by atoms with Gasteiger partial charge in [-0.2, -0.15) is 5.10 Å². The van der Waals surface area contributed by atoms with Gasteiger partial charge in [0.2, 0.25) is 0 Å². The molecule has 3 aromatic heterocycles. The van der Waals surface area contributed by atoms with Crippen LogP contribution in [0.1, 0.15) is 30.1 Å². The fourth-order valence-electron chi connectivity index (χ4n) is 4.93. The minimum atomic E-state index is 0.604. The molecule has 3 aromatic rings. The third-order valence-electron chi connectivity index (χ3n) is 6.36. The lowest BCUT2D eigenvalue weighted by atomic mass is 9.74.